The summed E-state index contributed by atoms with van der Waals surface area (Å²) >= 11 is 0. The molecular weight excluding hydrogens is 550 g/mol. The Morgan fingerprint density at radius 2 is 1.51 bits per heavy atom. The van der Waals surface area contributed by atoms with Gasteiger partial charge in [0.15, 0.2) is 12.4 Å². The van der Waals surface area contributed by atoms with Gasteiger partial charge in [0.25, 0.3) is 0 Å². The number of Topliss-reactive ketones (excluding diaryl/α,β-unsaturated/α-hetero) is 1. The fourth-order valence-electron chi connectivity index (χ4n) is 4.08. The zero-order valence-corrected chi connectivity index (χ0v) is 23.4. The number of esters is 2. The molecule has 0 N–H and O–H groups in total. The third kappa shape index (κ3) is 7.37. The van der Waals surface area contributed by atoms with E-state index >= 15 is 0 Å². The smallest absolute Gasteiger partial charge is 0.339 e. The lowest BCUT2D eigenvalue weighted by atomic mass is 10.1. The van der Waals surface area contributed by atoms with Crippen molar-refractivity contribution in [3.05, 3.63) is 89.5 Å². The maximum Gasteiger partial charge on any atom is 0.339 e. The number of ketones is 1. The van der Waals surface area contributed by atoms with Crippen LogP contribution in [0.5, 0.6) is 5.75 Å². The number of ether oxygens (including phenoxy) is 2. The summed E-state index contributed by atoms with van der Waals surface area (Å²) in [7, 11) is -4.04. The predicted octanol–water partition coefficient (Wildman–Crippen LogP) is 4.11. The third-order valence-corrected chi connectivity index (χ3v) is 7.61. The van der Waals surface area contributed by atoms with Gasteiger partial charge < -0.3 is 18.6 Å². The lowest BCUT2D eigenvalue weighted by Gasteiger charge is -2.17. The average molecular weight is 580 g/mol. The number of hydrogen-bond donors (Lipinski definition) is 0. The third-order valence-electron chi connectivity index (χ3n) is 6.35. The molecule has 0 aromatic heterocycles. The van der Waals surface area contributed by atoms with Gasteiger partial charge in [-0.2, -0.15) is 8.42 Å². The molecule has 0 aliphatic carbocycles. The van der Waals surface area contributed by atoms with E-state index in [0.29, 0.717) is 24.3 Å². The van der Waals surface area contributed by atoms with Crippen molar-refractivity contribution in [2.45, 2.75) is 31.6 Å². The number of anilines is 1. The van der Waals surface area contributed by atoms with Crippen LogP contribution in [0.2, 0.25) is 0 Å². The minimum Gasteiger partial charge on any atom is -0.462 e. The Bertz CT molecular complexity index is 1530. The molecular formula is C30H29NO9S. The van der Waals surface area contributed by atoms with E-state index in [1.807, 2.05) is 13.8 Å². The largest absolute Gasteiger partial charge is 0.462 e. The zero-order chi connectivity index (χ0) is 29.6. The molecule has 1 atom stereocenters. The van der Waals surface area contributed by atoms with Gasteiger partial charge in [0, 0.05) is 24.2 Å². The fourth-order valence-corrected chi connectivity index (χ4v) is 5.01. The van der Waals surface area contributed by atoms with Gasteiger partial charge in [0.1, 0.15) is 10.6 Å². The van der Waals surface area contributed by atoms with Crippen LogP contribution in [0.1, 0.15) is 46.0 Å². The molecule has 41 heavy (non-hydrogen) atoms. The van der Waals surface area contributed by atoms with Crippen LogP contribution in [0.25, 0.3) is 0 Å². The first-order valence-electron chi connectivity index (χ1n) is 13.0. The molecule has 0 bridgehead atoms. The summed E-state index contributed by atoms with van der Waals surface area (Å²) in [5.74, 6) is -2.65. The highest BCUT2D eigenvalue weighted by Gasteiger charge is 2.36. The van der Waals surface area contributed by atoms with Crippen molar-refractivity contribution in [3.8, 4) is 5.75 Å². The van der Waals surface area contributed by atoms with Gasteiger partial charge in [-0.3, -0.25) is 14.4 Å². The number of carbonyl (C=O) groups excluding carboxylic acids is 4. The molecule has 0 saturated carbocycles. The summed E-state index contributed by atoms with van der Waals surface area (Å²) in [4.78, 5) is 51.1. The summed E-state index contributed by atoms with van der Waals surface area (Å²) in [5.41, 5.74) is 1.98. The zero-order valence-electron chi connectivity index (χ0n) is 22.6. The molecule has 1 aliphatic heterocycles. The predicted molar refractivity (Wildman–Crippen MR) is 148 cm³/mol. The van der Waals surface area contributed by atoms with Crippen molar-refractivity contribution >= 4 is 39.4 Å². The lowest BCUT2D eigenvalue weighted by Crippen LogP contribution is -2.27. The molecule has 1 fully saturated rings. The first-order chi connectivity index (χ1) is 19.6. The maximum atomic E-state index is 12.6. The number of rotatable bonds is 11. The SMILES string of the molecule is CCCOC(=O)c1ccc(N2C[C@H](C(=O)OCC(=O)c3ccc(OS(=O)(=O)c4ccc(C)cc4)cc3)CC2=O)cc1. The molecule has 0 spiro atoms. The Morgan fingerprint density at radius 1 is 0.878 bits per heavy atom. The summed E-state index contributed by atoms with van der Waals surface area (Å²) in [6.45, 7) is 3.58. The second-order valence-electron chi connectivity index (χ2n) is 9.49. The minimum absolute atomic E-state index is 0.00301. The molecule has 10 nitrogen and oxygen atoms in total. The van der Waals surface area contributed by atoms with Crippen molar-refractivity contribution in [3.63, 3.8) is 0 Å². The number of aryl methyl sites for hydroxylation is 1. The van der Waals surface area contributed by atoms with Crippen LogP contribution in [0.4, 0.5) is 5.69 Å². The van der Waals surface area contributed by atoms with Gasteiger partial charge in [-0.15, -0.1) is 0 Å². The maximum absolute atomic E-state index is 12.6. The van der Waals surface area contributed by atoms with Gasteiger partial charge >= 0.3 is 22.1 Å². The number of nitrogens with zero attached hydrogens (tertiary/aromatic N) is 1. The first-order valence-corrected chi connectivity index (χ1v) is 14.4. The number of amides is 1. The molecule has 4 rings (SSSR count). The van der Waals surface area contributed by atoms with Crippen LogP contribution >= 0.6 is 0 Å². The highest BCUT2D eigenvalue weighted by Crippen LogP contribution is 2.27. The molecule has 11 heteroatoms. The van der Waals surface area contributed by atoms with Gasteiger partial charge in [0.2, 0.25) is 5.91 Å². The van der Waals surface area contributed by atoms with Crippen molar-refractivity contribution in [2.24, 2.45) is 5.92 Å². The Morgan fingerprint density at radius 3 is 2.15 bits per heavy atom. The summed E-state index contributed by atoms with van der Waals surface area (Å²) < 4.78 is 40.3. The van der Waals surface area contributed by atoms with E-state index in [-0.39, 0.29) is 35.1 Å². The van der Waals surface area contributed by atoms with Crippen LogP contribution in [0.3, 0.4) is 0 Å². The quantitative estimate of drug-likeness (QED) is 0.187. The number of hydrogen-bond acceptors (Lipinski definition) is 9. The van der Waals surface area contributed by atoms with E-state index in [9.17, 15) is 27.6 Å². The Hall–Kier alpha value is -4.51. The second kappa shape index (κ2) is 12.8. The molecule has 0 radical (unpaired) electrons. The molecule has 3 aromatic carbocycles. The van der Waals surface area contributed by atoms with Crippen molar-refractivity contribution in [1.29, 1.82) is 0 Å². The van der Waals surface area contributed by atoms with Crippen LogP contribution in [0, 0.1) is 12.8 Å². The van der Waals surface area contributed by atoms with Crippen molar-refractivity contribution in [2.75, 3.05) is 24.7 Å². The van der Waals surface area contributed by atoms with Gasteiger partial charge in [-0.05, 0) is 74.0 Å². The van der Waals surface area contributed by atoms with Gasteiger partial charge in [-0.1, -0.05) is 24.6 Å². The van der Waals surface area contributed by atoms with Crippen LogP contribution in [-0.4, -0.2) is 51.8 Å². The van der Waals surface area contributed by atoms with E-state index in [0.717, 1.165) is 5.56 Å². The first kappa shape index (κ1) is 29.5. The highest BCUT2D eigenvalue weighted by molar-refractivity contribution is 7.87. The molecule has 3 aromatic rings. The van der Waals surface area contributed by atoms with E-state index in [1.165, 1.54) is 41.3 Å². The number of benzene rings is 3. The minimum atomic E-state index is -4.04. The summed E-state index contributed by atoms with van der Waals surface area (Å²) in [5, 5.41) is 0. The van der Waals surface area contributed by atoms with Crippen molar-refractivity contribution in [1.82, 2.24) is 0 Å². The molecule has 1 amide bonds. The van der Waals surface area contributed by atoms with E-state index < -0.39 is 40.4 Å². The van der Waals surface area contributed by atoms with Crippen LogP contribution in [-0.2, 0) is 29.2 Å². The summed E-state index contributed by atoms with van der Waals surface area (Å²) in [6, 6.07) is 17.9. The Labute approximate surface area is 238 Å². The number of carbonyl (C=O) groups is 4. The summed E-state index contributed by atoms with van der Waals surface area (Å²) in [6.07, 6.45) is 0.632. The van der Waals surface area contributed by atoms with Gasteiger partial charge in [-0.25, -0.2) is 4.79 Å². The van der Waals surface area contributed by atoms with Crippen molar-refractivity contribution < 1.29 is 41.3 Å². The molecule has 1 aliphatic rings. The molecule has 214 valence electrons. The fraction of sp³-hybridized carbons (Fsp3) is 0.267. The lowest BCUT2D eigenvalue weighted by molar-refractivity contribution is -0.147. The topological polar surface area (TPSA) is 133 Å². The van der Waals surface area contributed by atoms with Crippen LogP contribution in [0.15, 0.2) is 77.7 Å². The van der Waals surface area contributed by atoms with Crippen LogP contribution < -0.4 is 9.08 Å². The normalized spacial score (nSPS) is 14.9. The molecule has 1 heterocycles. The highest BCUT2D eigenvalue weighted by atomic mass is 32.2. The second-order valence-corrected chi connectivity index (χ2v) is 11.0. The van der Waals surface area contributed by atoms with E-state index in [1.54, 1.807) is 36.4 Å². The Balaban J connectivity index is 1.29. The van der Waals surface area contributed by atoms with Gasteiger partial charge in [0.05, 0.1) is 18.1 Å². The van der Waals surface area contributed by atoms with E-state index in [4.69, 9.17) is 13.7 Å². The monoisotopic (exact) mass is 579 g/mol. The molecule has 0 unspecified atom stereocenters. The standard InChI is InChI=1S/C30H29NO9S/c1-3-16-38-29(34)22-6-10-24(11-7-22)31-18-23(17-28(31)33)30(35)39-19-27(32)21-8-12-25(13-9-21)40-41(36,37)26-14-4-20(2)5-15-26/h4-15,23H,3,16-19H2,1-2H3/t23-/m1/s1. The Kier molecular flexibility index (Phi) is 9.18. The van der Waals surface area contributed by atoms with E-state index in [2.05, 4.69) is 0 Å². The average Bonchev–Trinajstić information content (AvgIpc) is 3.36. The molecule has 1 saturated heterocycles.